The minimum atomic E-state index is -0.661. The number of anilines is 1. The molecule has 2 aliphatic rings. The molecule has 33 heavy (non-hydrogen) atoms. The number of nitrogens with zero attached hydrogens (tertiary/aromatic N) is 2. The van der Waals surface area contributed by atoms with Crippen molar-refractivity contribution in [3.8, 4) is 5.75 Å². The fourth-order valence-electron chi connectivity index (χ4n) is 4.23. The Balaban J connectivity index is 1.70. The van der Waals surface area contributed by atoms with Crippen molar-refractivity contribution in [1.29, 1.82) is 0 Å². The first-order chi connectivity index (χ1) is 15.7. The van der Waals surface area contributed by atoms with Gasteiger partial charge in [0, 0.05) is 43.5 Å². The molecule has 0 bridgehead atoms. The molecule has 0 spiro atoms. The molecule has 2 aromatic carbocycles. The molecule has 1 fully saturated rings. The van der Waals surface area contributed by atoms with Crippen molar-refractivity contribution < 1.29 is 23.0 Å². The third kappa shape index (κ3) is 4.95. The molecule has 6 nitrogen and oxygen atoms in total. The third-order valence-electron chi connectivity index (χ3n) is 5.91. The second-order valence-corrected chi connectivity index (χ2v) is 8.74. The van der Waals surface area contributed by atoms with Gasteiger partial charge in [-0.1, -0.05) is 0 Å². The van der Waals surface area contributed by atoms with Crippen LogP contribution in [0.3, 0.4) is 0 Å². The molecule has 4 rings (SSSR count). The summed E-state index contributed by atoms with van der Waals surface area (Å²) in [7, 11) is 3.40. The first kappa shape index (κ1) is 23.0. The number of carbonyl (C=O) groups is 1. The van der Waals surface area contributed by atoms with Crippen LogP contribution in [-0.2, 0) is 11.2 Å². The van der Waals surface area contributed by atoms with Gasteiger partial charge < -0.3 is 24.6 Å². The van der Waals surface area contributed by atoms with Gasteiger partial charge in [-0.05, 0) is 56.2 Å². The van der Waals surface area contributed by atoms with Gasteiger partial charge in [0.1, 0.15) is 17.4 Å². The lowest BCUT2D eigenvalue weighted by Gasteiger charge is -2.38. The number of carbonyl (C=O) groups excluding carboxylic acids is 1. The number of amides is 1. The molecule has 1 saturated heterocycles. The van der Waals surface area contributed by atoms with Crippen LogP contribution in [0, 0.1) is 11.6 Å². The maximum atomic E-state index is 13.7. The summed E-state index contributed by atoms with van der Waals surface area (Å²) in [4.78, 5) is 16.4. The van der Waals surface area contributed by atoms with Gasteiger partial charge in [-0.3, -0.25) is 4.79 Å². The van der Waals surface area contributed by atoms with Crippen molar-refractivity contribution >= 4 is 11.6 Å². The first-order valence-corrected chi connectivity index (χ1v) is 11.1. The Labute approximate surface area is 192 Å². The van der Waals surface area contributed by atoms with Crippen molar-refractivity contribution in [2.24, 2.45) is 0 Å². The van der Waals surface area contributed by atoms with Gasteiger partial charge in [0.2, 0.25) is 0 Å². The predicted octanol–water partition coefficient (Wildman–Crippen LogP) is 4.34. The van der Waals surface area contributed by atoms with E-state index in [-0.39, 0.29) is 18.0 Å². The minimum Gasteiger partial charge on any atom is -0.441 e. The number of fused-ring (bicyclic) bond motifs is 1. The Hall–Kier alpha value is -3.13. The lowest BCUT2D eigenvalue weighted by Crippen LogP contribution is -2.44. The molecule has 2 atom stereocenters. The van der Waals surface area contributed by atoms with Gasteiger partial charge in [-0.25, -0.2) is 8.78 Å². The Kier molecular flexibility index (Phi) is 6.56. The molecular formula is C25H29F2N3O3. The number of morpholine rings is 1. The van der Waals surface area contributed by atoms with Gasteiger partial charge >= 0.3 is 0 Å². The van der Waals surface area contributed by atoms with Gasteiger partial charge in [0.05, 0.1) is 25.3 Å². The van der Waals surface area contributed by atoms with Crippen molar-refractivity contribution in [2.45, 2.75) is 32.4 Å². The topological polar surface area (TPSA) is 54.0 Å². The summed E-state index contributed by atoms with van der Waals surface area (Å²) in [6, 6.07) is 6.75. The van der Waals surface area contributed by atoms with Gasteiger partial charge in [0.25, 0.3) is 5.91 Å². The number of halogens is 2. The lowest BCUT2D eigenvalue weighted by molar-refractivity contribution is -0.00267. The van der Waals surface area contributed by atoms with E-state index in [1.54, 1.807) is 20.2 Å². The zero-order valence-corrected chi connectivity index (χ0v) is 19.3. The van der Waals surface area contributed by atoms with Crippen LogP contribution in [0.1, 0.15) is 41.4 Å². The SMILES string of the molecule is CC(Nc1cc(F)cc(F)c1)c1cc(C(=O)N(C)C)cc2c1OC(N1CCOC[C@@H]1C)=CC2. The molecular weight excluding hydrogens is 428 g/mol. The van der Waals surface area contributed by atoms with E-state index in [9.17, 15) is 13.6 Å². The minimum absolute atomic E-state index is 0.125. The number of nitrogens with one attached hydrogen (secondary N) is 1. The van der Waals surface area contributed by atoms with Crippen molar-refractivity contribution in [3.05, 3.63) is 70.6 Å². The molecule has 0 aliphatic carbocycles. The zero-order valence-electron chi connectivity index (χ0n) is 19.3. The summed E-state index contributed by atoms with van der Waals surface area (Å²) in [5, 5.41) is 3.15. The van der Waals surface area contributed by atoms with Crippen LogP contribution in [0.25, 0.3) is 0 Å². The van der Waals surface area contributed by atoms with E-state index in [4.69, 9.17) is 9.47 Å². The van der Waals surface area contributed by atoms with E-state index in [0.717, 1.165) is 29.6 Å². The smallest absolute Gasteiger partial charge is 0.253 e. The maximum Gasteiger partial charge on any atom is 0.253 e. The Morgan fingerprint density at radius 1 is 1.18 bits per heavy atom. The molecule has 0 saturated carbocycles. The number of allylic oxidation sites excluding steroid dienone is 1. The normalized spacial score (nSPS) is 18.7. The van der Waals surface area contributed by atoms with Gasteiger partial charge in [-0.2, -0.15) is 0 Å². The highest BCUT2D eigenvalue weighted by molar-refractivity contribution is 5.94. The number of ether oxygens (including phenoxy) is 2. The average molecular weight is 458 g/mol. The average Bonchev–Trinajstić information content (AvgIpc) is 2.77. The van der Waals surface area contributed by atoms with Crippen LogP contribution in [0.5, 0.6) is 5.75 Å². The van der Waals surface area contributed by atoms with E-state index in [2.05, 4.69) is 17.1 Å². The fourth-order valence-corrected chi connectivity index (χ4v) is 4.23. The van der Waals surface area contributed by atoms with Gasteiger partial charge in [0.15, 0.2) is 5.88 Å². The Bertz CT molecular complexity index is 1070. The number of benzene rings is 2. The fraction of sp³-hybridized carbons (Fsp3) is 0.400. The van der Waals surface area contributed by atoms with E-state index in [1.165, 1.54) is 17.0 Å². The van der Waals surface area contributed by atoms with E-state index < -0.39 is 11.6 Å². The zero-order chi connectivity index (χ0) is 23.7. The Morgan fingerprint density at radius 3 is 2.58 bits per heavy atom. The van der Waals surface area contributed by atoms with Crippen LogP contribution in [0.4, 0.5) is 14.5 Å². The van der Waals surface area contributed by atoms with Crippen LogP contribution in [0.2, 0.25) is 0 Å². The van der Waals surface area contributed by atoms with E-state index in [0.29, 0.717) is 36.6 Å². The van der Waals surface area contributed by atoms with Crippen LogP contribution in [0.15, 0.2) is 42.3 Å². The summed E-state index contributed by atoms with van der Waals surface area (Å²) in [5.74, 6) is -0.0229. The summed E-state index contributed by atoms with van der Waals surface area (Å²) in [6.45, 7) is 5.94. The second kappa shape index (κ2) is 9.39. The summed E-state index contributed by atoms with van der Waals surface area (Å²) in [5.41, 5.74) is 2.48. The van der Waals surface area contributed by atoms with Crippen LogP contribution < -0.4 is 10.1 Å². The predicted molar refractivity (Wildman–Crippen MR) is 122 cm³/mol. The van der Waals surface area contributed by atoms with E-state index >= 15 is 0 Å². The number of hydrogen-bond acceptors (Lipinski definition) is 5. The van der Waals surface area contributed by atoms with Crippen LogP contribution >= 0.6 is 0 Å². The highest BCUT2D eigenvalue weighted by Crippen LogP contribution is 2.38. The summed E-state index contributed by atoms with van der Waals surface area (Å²) >= 11 is 0. The first-order valence-electron chi connectivity index (χ1n) is 11.1. The highest BCUT2D eigenvalue weighted by atomic mass is 19.1. The Morgan fingerprint density at radius 2 is 1.91 bits per heavy atom. The maximum absolute atomic E-state index is 13.7. The summed E-state index contributed by atoms with van der Waals surface area (Å²) in [6.07, 6.45) is 2.63. The third-order valence-corrected chi connectivity index (χ3v) is 5.91. The van der Waals surface area contributed by atoms with Gasteiger partial charge in [-0.15, -0.1) is 0 Å². The monoisotopic (exact) mass is 457 g/mol. The molecule has 0 radical (unpaired) electrons. The molecule has 8 heteroatoms. The summed E-state index contributed by atoms with van der Waals surface area (Å²) < 4.78 is 39.4. The molecule has 1 N–H and O–H groups in total. The van der Waals surface area contributed by atoms with E-state index in [1.807, 2.05) is 19.1 Å². The second-order valence-electron chi connectivity index (χ2n) is 8.74. The molecule has 2 aliphatic heterocycles. The largest absolute Gasteiger partial charge is 0.441 e. The van der Waals surface area contributed by atoms with Crippen molar-refractivity contribution in [3.63, 3.8) is 0 Å². The molecule has 0 aromatic heterocycles. The molecule has 2 heterocycles. The van der Waals surface area contributed by atoms with Crippen molar-refractivity contribution in [1.82, 2.24) is 9.80 Å². The van der Waals surface area contributed by atoms with Crippen molar-refractivity contribution in [2.75, 3.05) is 39.2 Å². The lowest BCUT2D eigenvalue weighted by atomic mass is 9.95. The molecule has 1 unspecified atom stereocenters. The number of rotatable bonds is 5. The standard InChI is InChI=1S/C25H29F2N3O3/c1-15-14-32-8-7-30(15)23-6-5-17-9-18(25(31)29(3)4)10-22(24(17)33-23)16(2)28-21-12-19(26)11-20(27)13-21/h6,9-13,15-16,28H,5,7-8,14H2,1-4H3/t15-,16?/m0/s1. The highest BCUT2D eigenvalue weighted by Gasteiger charge is 2.28. The molecule has 176 valence electrons. The molecule has 2 aromatic rings. The number of hydrogen-bond donors (Lipinski definition) is 1. The molecule has 1 amide bonds. The quantitative estimate of drug-likeness (QED) is 0.724. The van der Waals surface area contributed by atoms with Crippen LogP contribution in [-0.4, -0.2) is 55.6 Å².